The molecule has 3 aromatic rings. The Morgan fingerprint density at radius 2 is 1.76 bits per heavy atom. The molecule has 0 aliphatic rings. The summed E-state index contributed by atoms with van der Waals surface area (Å²) < 4.78 is 67.2. The lowest BCUT2D eigenvalue weighted by molar-refractivity contribution is -0.137. The summed E-state index contributed by atoms with van der Waals surface area (Å²) in [6.45, 7) is 0.822. The van der Waals surface area contributed by atoms with Crippen LogP contribution in [-0.4, -0.2) is 60.0 Å². The summed E-state index contributed by atoms with van der Waals surface area (Å²) >= 11 is 0. The Balaban J connectivity index is 2.07. The summed E-state index contributed by atoms with van der Waals surface area (Å²) in [6, 6.07) is 4.97. The number of hydrogen-bond acceptors (Lipinski definition) is 6. The zero-order valence-electron chi connectivity index (χ0n) is 18.5. The van der Waals surface area contributed by atoms with Crippen LogP contribution in [0.5, 0.6) is 0 Å². The average Bonchev–Trinajstić information content (AvgIpc) is 2.77. The maximum absolute atomic E-state index is 14.4. The van der Waals surface area contributed by atoms with Crippen molar-refractivity contribution in [1.29, 1.82) is 0 Å². The molecule has 1 aromatic carbocycles. The third kappa shape index (κ3) is 6.01. The second-order valence-electron chi connectivity index (χ2n) is 7.61. The number of benzene rings is 1. The lowest BCUT2D eigenvalue weighted by atomic mass is 10.2. The highest BCUT2D eigenvalue weighted by Gasteiger charge is 2.31. The van der Waals surface area contributed by atoms with Crippen LogP contribution >= 0.6 is 0 Å². The first-order chi connectivity index (χ1) is 16.0. The molecule has 2 aromatic heterocycles. The maximum atomic E-state index is 14.4. The molecule has 180 valence electrons. The molecular weight excluding hydrogens is 459 g/mol. The number of nitrogens with one attached hydrogen (secondary N) is 1. The van der Waals surface area contributed by atoms with E-state index in [-0.39, 0.29) is 35.1 Å². The lowest BCUT2D eigenvalue weighted by Crippen LogP contribution is -2.32. The Bertz CT molecular complexity index is 1180. The smallest absolute Gasteiger partial charge is 0.349 e. The molecule has 0 aliphatic carbocycles. The number of hydrogen-bond donors (Lipinski definition) is 1. The first-order valence-electron chi connectivity index (χ1n) is 9.99. The van der Waals surface area contributed by atoms with Gasteiger partial charge in [-0.1, -0.05) is 0 Å². The fourth-order valence-electron chi connectivity index (χ4n) is 2.93. The van der Waals surface area contributed by atoms with Crippen LogP contribution in [0.4, 0.5) is 33.5 Å². The van der Waals surface area contributed by atoms with Gasteiger partial charge in [0, 0.05) is 50.2 Å². The normalized spacial score (nSPS) is 11.6. The van der Waals surface area contributed by atoms with E-state index in [4.69, 9.17) is 0 Å². The monoisotopic (exact) mass is 480 g/mol. The summed E-state index contributed by atoms with van der Waals surface area (Å²) in [7, 11) is 5.06. The van der Waals surface area contributed by atoms with Crippen molar-refractivity contribution in [2.24, 2.45) is 0 Å². The molecule has 0 atom stereocenters. The Kier molecular flexibility index (Phi) is 7.40. The summed E-state index contributed by atoms with van der Waals surface area (Å²) in [6.07, 6.45) is -2.87. The topological polar surface area (TPSA) is 74.2 Å². The number of likely N-dealkylation sites (N-methyl/N-ethyl adjacent to an activating group) is 1. The van der Waals surface area contributed by atoms with Crippen LogP contribution in [0, 0.1) is 11.6 Å². The Hall–Kier alpha value is -3.67. The second-order valence-corrected chi connectivity index (χ2v) is 7.61. The summed E-state index contributed by atoms with van der Waals surface area (Å²) in [5.74, 6) is -2.48. The number of pyridine rings is 1. The van der Waals surface area contributed by atoms with Crippen LogP contribution in [0.1, 0.15) is 16.1 Å². The average molecular weight is 480 g/mol. The first-order valence-corrected chi connectivity index (χ1v) is 9.99. The van der Waals surface area contributed by atoms with E-state index < -0.39 is 29.3 Å². The van der Waals surface area contributed by atoms with Gasteiger partial charge in [-0.15, -0.1) is 0 Å². The van der Waals surface area contributed by atoms with Crippen molar-refractivity contribution < 1.29 is 26.7 Å². The molecule has 0 spiro atoms. The second kappa shape index (κ2) is 10.1. The highest BCUT2D eigenvalue weighted by molar-refractivity contribution is 5.93. The van der Waals surface area contributed by atoms with E-state index in [1.165, 1.54) is 24.1 Å². The molecule has 1 amide bonds. The van der Waals surface area contributed by atoms with Crippen molar-refractivity contribution in [3.05, 3.63) is 65.6 Å². The van der Waals surface area contributed by atoms with Crippen LogP contribution in [-0.2, 0) is 6.18 Å². The molecule has 0 saturated carbocycles. The molecule has 0 saturated heterocycles. The number of carbonyl (C=O) groups excluding carboxylic acids is 1. The van der Waals surface area contributed by atoms with E-state index in [1.807, 2.05) is 19.0 Å². The molecule has 0 bridgehead atoms. The van der Waals surface area contributed by atoms with E-state index in [9.17, 15) is 26.7 Å². The third-order valence-electron chi connectivity index (χ3n) is 4.73. The van der Waals surface area contributed by atoms with Crippen LogP contribution in [0.3, 0.4) is 0 Å². The van der Waals surface area contributed by atoms with Gasteiger partial charge in [-0.25, -0.2) is 18.7 Å². The number of anilines is 2. The highest BCUT2D eigenvalue weighted by atomic mass is 19.4. The van der Waals surface area contributed by atoms with Gasteiger partial charge in [0.15, 0.2) is 5.82 Å². The van der Waals surface area contributed by atoms with Crippen LogP contribution in [0.25, 0.3) is 11.4 Å². The standard InChI is InChI=1S/C22H21F5N6O/c1-32(2)7-6-29-21(34)17-10-19(33(3)18-5-4-15(23)9-16(18)24)31-20(30-17)13-8-14(12-28-11-13)22(25,26)27/h4-5,8-12H,6-7H2,1-3H3,(H,29,34). The number of rotatable bonds is 7. The summed E-state index contributed by atoms with van der Waals surface area (Å²) in [4.78, 5) is 27.7. The van der Waals surface area contributed by atoms with Gasteiger partial charge in [0.2, 0.25) is 0 Å². The summed E-state index contributed by atoms with van der Waals surface area (Å²) in [5, 5.41) is 2.66. The van der Waals surface area contributed by atoms with Gasteiger partial charge < -0.3 is 15.1 Å². The quantitative estimate of drug-likeness (QED) is 0.518. The van der Waals surface area contributed by atoms with E-state index in [0.717, 1.165) is 18.3 Å². The van der Waals surface area contributed by atoms with E-state index in [1.54, 1.807) is 0 Å². The molecule has 7 nitrogen and oxygen atoms in total. The zero-order valence-corrected chi connectivity index (χ0v) is 18.5. The minimum absolute atomic E-state index is 0.00526. The molecular formula is C22H21F5N6O. The molecule has 2 heterocycles. The van der Waals surface area contributed by atoms with Gasteiger partial charge in [0.1, 0.15) is 23.1 Å². The highest BCUT2D eigenvalue weighted by Crippen LogP contribution is 2.32. The lowest BCUT2D eigenvalue weighted by Gasteiger charge is -2.20. The van der Waals surface area contributed by atoms with E-state index in [2.05, 4.69) is 20.3 Å². The van der Waals surface area contributed by atoms with Crippen molar-refractivity contribution in [3.63, 3.8) is 0 Å². The molecule has 34 heavy (non-hydrogen) atoms. The fraction of sp³-hybridized carbons (Fsp3) is 0.273. The van der Waals surface area contributed by atoms with Crippen LogP contribution < -0.4 is 10.2 Å². The molecule has 0 radical (unpaired) electrons. The molecule has 0 aliphatic heterocycles. The number of amides is 1. The largest absolute Gasteiger partial charge is 0.417 e. The molecule has 0 fully saturated rings. The first kappa shape index (κ1) is 25.0. The van der Waals surface area contributed by atoms with Gasteiger partial charge in [-0.05, 0) is 32.3 Å². The van der Waals surface area contributed by atoms with E-state index in [0.29, 0.717) is 18.8 Å². The number of halogens is 5. The molecule has 0 unspecified atom stereocenters. The van der Waals surface area contributed by atoms with Crippen molar-refractivity contribution in [3.8, 4) is 11.4 Å². The molecule has 3 rings (SSSR count). The van der Waals surface area contributed by atoms with Crippen molar-refractivity contribution in [2.45, 2.75) is 6.18 Å². The van der Waals surface area contributed by atoms with E-state index >= 15 is 0 Å². The van der Waals surface area contributed by atoms with Crippen LogP contribution in [0.2, 0.25) is 0 Å². The predicted molar refractivity (Wildman–Crippen MR) is 116 cm³/mol. The predicted octanol–water partition coefficient (Wildman–Crippen LogP) is 3.89. The Morgan fingerprint density at radius 1 is 1.03 bits per heavy atom. The van der Waals surface area contributed by atoms with Crippen molar-refractivity contribution in [1.82, 2.24) is 25.2 Å². The number of carbonyl (C=O) groups is 1. The van der Waals surface area contributed by atoms with Gasteiger partial charge in [0.25, 0.3) is 5.91 Å². The molecule has 1 N–H and O–H groups in total. The Morgan fingerprint density at radius 3 is 2.41 bits per heavy atom. The third-order valence-corrected chi connectivity index (χ3v) is 4.73. The molecule has 12 heteroatoms. The van der Waals surface area contributed by atoms with Crippen molar-refractivity contribution in [2.75, 3.05) is 39.1 Å². The minimum Gasteiger partial charge on any atom is -0.349 e. The number of nitrogens with zero attached hydrogens (tertiary/aromatic N) is 5. The Labute approximate surface area is 192 Å². The summed E-state index contributed by atoms with van der Waals surface area (Å²) in [5.41, 5.74) is -1.32. The van der Waals surface area contributed by atoms with Crippen LogP contribution in [0.15, 0.2) is 42.7 Å². The zero-order chi connectivity index (χ0) is 25.0. The minimum atomic E-state index is -4.65. The van der Waals surface area contributed by atoms with Gasteiger partial charge >= 0.3 is 6.18 Å². The van der Waals surface area contributed by atoms with Gasteiger partial charge in [-0.3, -0.25) is 9.78 Å². The van der Waals surface area contributed by atoms with Gasteiger partial charge in [-0.2, -0.15) is 13.2 Å². The SMILES string of the molecule is CN(C)CCNC(=O)c1cc(N(C)c2ccc(F)cc2F)nc(-c2cncc(C(F)(F)F)c2)n1. The van der Waals surface area contributed by atoms with Crippen molar-refractivity contribution >= 4 is 17.4 Å². The number of alkyl halides is 3. The number of aromatic nitrogens is 3. The van der Waals surface area contributed by atoms with Gasteiger partial charge in [0.05, 0.1) is 11.3 Å². The fourth-order valence-corrected chi connectivity index (χ4v) is 2.93. The maximum Gasteiger partial charge on any atom is 0.417 e.